The highest BCUT2D eigenvalue weighted by Gasteiger charge is 2.45. The van der Waals surface area contributed by atoms with Crippen molar-refractivity contribution in [1.29, 1.82) is 0 Å². The highest BCUT2D eigenvalue weighted by Crippen LogP contribution is 2.29. The Morgan fingerprint density at radius 3 is 2.55 bits per heavy atom. The minimum atomic E-state index is -3.61. The Bertz CT molecular complexity index is 487. The number of alkyl halides is 2. The Hall–Kier alpha value is -1.60. The molecule has 1 fully saturated rings. The summed E-state index contributed by atoms with van der Waals surface area (Å²) in [4.78, 5) is 18.9. The number of nitrogens with zero attached hydrogens (tertiary/aromatic N) is 3. The summed E-state index contributed by atoms with van der Waals surface area (Å²) < 4.78 is 28.4. The van der Waals surface area contributed by atoms with Crippen LogP contribution in [0, 0.1) is 0 Å². The van der Waals surface area contributed by atoms with E-state index in [2.05, 4.69) is 4.98 Å². The van der Waals surface area contributed by atoms with Crippen molar-refractivity contribution in [2.75, 3.05) is 32.8 Å². The highest BCUT2D eigenvalue weighted by atomic mass is 19.3. The lowest BCUT2D eigenvalue weighted by Crippen LogP contribution is -2.55. The molecule has 0 bridgehead atoms. The summed E-state index contributed by atoms with van der Waals surface area (Å²) in [6, 6.07) is 4.15. The van der Waals surface area contributed by atoms with Crippen LogP contribution >= 0.6 is 0 Å². The number of rotatable bonds is 5. The summed E-state index contributed by atoms with van der Waals surface area (Å²) in [5.41, 5.74) is -0.524. The fourth-order valence-corrected chi connectivity index (χ4v) is 2.65. The van der Waals surface area contributed by atoms with E-state index in [9.17, 15) is 18.7 Å². The van der Waals surface area contributed by atoms with E-state index in [1.165, 1.54) is 23.2 Å². The molecule has 0 saturated carbocycles. The van der Waals surface area contributed by atoms with Gasteiger partial charge in [0.1, 0.15) is 5.69 Å². The fourth-order valence-electron chi connectivity index (χ4n) is 2.65. The van der Waals surface area contributed by atoms with Crippen molar-refractivity contribution in [2.24, 2.45) is 0 Å². The quantitative estimate of drug-likeness (QED) is 0.884. The molecule has 122 valence electrons. The molecule has 1 saturated heterocycles. The van der Waals surface area contributed by atoms with Gasteiger partial charge in [-0.3, -0.25) is 14.7 Å². The monoisotopic (exact) mass is 313 g/mol. The Balaban J connectivity index is 2.00. The molecule has 1 atom stereocenters. The van der Waals surface area contributed by atoms with E-state index in [0.717, 1.165) is 12.5 Å². The van der Waals surface area contributed by atoms with Crippen LogP contribution in [0.25, 0.3) is 0 Å². The van der Waals surface area contributed by atoms with Gasteiger partial charge in [-0.1, -0.05) is 13.0 Å². The molecule has 1 N–H and O–H groups in total. The third kappa shape index (κ3) is 3.41. The van der Waals surface area contributed by atoms with Crippen LogP contribution in [0.1, 0.15) is 19.0 Å². The maximum atomic E-state index is 14.2. The van der Waals surface area contributed by atoms with Crippen molar-refractivity contribution in [3.63, 3.8) is 0 Å². The van der Waals surface area contributed by atoms with Gasteiger partial charge in [0.2, 0.25) is 0 Å². The smallest absolute Gasteiger partial charge is 0.366 e. The molecule has 2 heterocycles. The molecular formula is C15H21F2N3O2. The van der Waals surface area contributed by atoms with E-state index >= 15 is 0 Å². The zero-order valence-corrected chi connectivity index (χ0v) is 12.6. The second-order valence-corrected chi connectivity index (χ2v) is 5.36. The third-order valence-corrected chi connectivity index (χ3v) is 4.06. The van der Waals surface area contributed by atoms with E-state index in [4.69, 9.17) is 0 Å². The maximum absolute atomic E-state index is 14.2. The van der Waals surface area contributed by atoms with Gasteiger partial charge in [0.25, 0.3) is 5.91 Å². The van der Waals surface area contributed by atoms with Gasteiger partial charge in [0.05, 0.1) is 6.61 Å². The number of aliphatic hydroxyl groups excluding tert-OH is 1. The molecular weight excluding hydrogens is 292 g/mol. The molecule has 22 heavy (non-hydrogen) atoms. The standard InChI is InChI=1S/C15H21F2N3O2/c1-2-12(11-21)19-7-9-20(10-8-19)14(22)15(16,17)13-5-3-4-6-18-13/h3-6,12,21H,2,7-11H2,1H3. The molecule has 1 amide bonds. The molecule has 1 aliphatic rings. The molecule has 7 heteroatoms. The van der Waals surface area contributed by atoms with Gasteiger partial charge in [-0.2, -0.15) is 8.78 Å². The van der Waals surface area contributed by atoms with E-state index in [1.54, 1.807) is 0 Å². The molecule has 1 aliphatic heterocycles. The predicted molar refractivity (Wildman–Crippen MR) is 77.4 cm³/mol. The van der Waals surface area contributed by atoms with Crippen LogP contribution in [-0.2, 0) is 10.7 Å². The van der Waals surface area contributed by atoms with E-state index in [-0.39, 0.29) is 25.7 Å². The number of hydrogen-bond acceptors (Lipinski definition) is 4. The Kier molecular flexibility index (Phi) is 5.42. The summed E-state index contributed by atoms with van der Waals surface area (Å²) in [5, 5.41) is 9.28. The van der Waals surface area contributed by atoms with Crippen molar-refractivity contribution in [1.82, 2.24) is 14.8 Å². The first kappa shape index (κ1) is 16.8. The maximum Gasteiger partial charge on any atom is 0.366 e. The SMILES string of the molecule is CCC(CO)N1CCN(C(=O)C(F)(F)c2ccccn2)CC1. The summed E-state index contributed by atoms with van der Waals surface area (Å²) in [5.74, 6) is -4.81. The number of pyridine rings is 1. The molecule has 1 aromatic rings. The first-order valence-electron chi connectivity index (χ1n) is 7.44. The van der Waals surface area contributed by atoms with Crippen LogP contribution in [0.3, 0.4) is 0 Å². The van der Waals surface area contributed by atoms with E-state index in [1.807, 2.05) is 11.8 Å². The van der Waals surface area contributed by atoms with Gasteiger partial charge in [0, 0.05) is 38.4 Å². The van der Waals surface area contributed by atoms with Crippen LogP contribution in [0.2, 0.25) is 0 Å². The van der Waals surface area contributed by atoms with Crippen LogP contribution in [0.5, 0.6) is 0 Å². The highest BCUT2D eigenvalue weighted by molar-refractivity contribution is 5.84. The van der Waals surface area contributed by atoms with Gasteiger partial charge in [-0.25, -0.2) is 0 Å². The lowest BCUT2D eigenvalue weighted by molar-refractivity contribution is -0.161. The average molecular weight is 313 g/mol. The van der Waals surface area contributed by atoms with Crippen LogP contribution < -0.4 is 0 Å². The zero-order valence-electron chi connectivity index (χ0n) is 12.6. The van der Waals surface area contributed by atoms with Gasteiger partial charge >= 0.3 is 5.92 Å². The van der Waals surface area contributed by atoms with Crippen molar-refractivity contribution in [3.05, 3.63) is 30.1 Å². The number of hydrogen-bond donors (Lipinski definition) is 1. The molecule has 0 aliphatic carbocycles. The van der Waals surface area contributed by atoms with E-state index in [0.29, 0.717) is 13.1 Å². The zero-order chi connectivity index (χ0) is 16.2. The number of piperazine rings is 1. The lowest BCUT2D eigenvalue weighted by Gasteiger charge is -2.39. The summed E-state index contributed by atoms with van der Waals surface area (Å²) in [6.07, 6.45) is 2.04. The van der Waals surface area contributed by atoms with Crippen molar-refractivity contribution in [2.45, 2.75) is 25.3 Å². The van der Waals surface area contributed by atoms with Gasteiger partial charge in [-0.05, 0) is 18.6 Å². The Labute approximate surface area is 128 Å². The summed E-state index contributed by atoms with van der Waals surface area (Å²) in [7, 11) is 0. The second-order valence-electron chi connectivity index (χ2n) is 5.36. The van der Waals surface area contributed by atoms with Crippen molar-refractivity contribution in [3.8, 4) is 0 Å². The number of carbonyl (C=O) groups excluding carboxylic acids is 1. The minimum Gasteiger partial charge on any atom is -0.395 e. The molecule has 1 unspecified atom stereocenters. The third-order valence-electron chi connectivity index (χ3n) is 4.06. The largest absolute Gasteiger partial charge is 0.395 e. The number of aromatic nitrogens is 1. The van der Waals surface area contributed by atoms with Crippen LogP contribution in [0.15, 0.2) is 24.4 Å². The van der Waals surface area contributed by atoms with Crippen molar-refractivity contribution >= 4 is 5.91 Å². The number of halogens is 2. The first-order chi connectivity index (χ1) is 10.5. The Morgan fingerprint density at radius 1 is 1.36 bits per heavy atom. The van der Waals surface area contributed by atoms with Crippen LogP contribution in [-0.4, -0.2) is 64.6 Å². The summed E-state index contributed by atoms with van der Waals surface area (Å²) in [6.45, 7) is 3.45. The fraction of sp³-hybridized carbons (Fsp3) is 0.600. The second kappa shape index (κ2) is 7.11. The average Bonchev–Trinajstić information content (AvgIpc) is 2.57. The minimum absolute atomic E-state index is 0.0218. The van der Waals surface area contributed by atoms with Gasteiger partial charge in [-0.15, -0.1) is 0 Å². The molecule has 2 rings (SSSR count). The molecule has 0 radical (unpaired) electrons. The first-order valence-corrected chi connectivity index (χ1v) is 7.44. The number of amides is 1. The van der Waals surface area contributed by atoms with E-state index < -0.39 is 17.5 Å². The molecule has 1 aromatic heterocycles. The van der Waals surface area contributed by atoms with Crippen LogP contribution in [0.4, 0.5) is 8.78 Å². The van der Waals surface area contributed by atoms with Gasteiger partial charge < -0.3 is 10.0 Å². The topological polar surface area (TPSA) is 56.7 Å². The number of carbonyl (C=O) groups is 1. The molecule has 0 spiro atoms. The predicted octanol–water partition coefficient (Wildman–Crippen LogP) is 1.09. The van der Waals surface area contributed by atoms with Crippen molar-refractivity contribution < 1.29 is 18.7 Å². The molecule has 0 aromatic carbocycles. The summed E-state index contributed by atoms with van der Waals surface area (Å²) >= 11 is 0. The Morgan fingerprint density at radius 2 is 2.05 bits per heavy atom. The normalized spacial score (nSPS) is 18.3. The number of aliphatic hydroxyl groups is 1. The van der Waals surface area contributed by atoms with Gasteiger partial charge in [0.15, 0.2) is 0 Å². The lowest BCUT2D eigenvalue weighted by atomic mass is 10.1. The molecule has 5 nitrogen and oxygen atoms in total.